The number of aryl methyl sites for hydroxylation is 1. The lowest BCUT2D eigenvalue weighted by molar-refractivity contribution is -0.136. The average molecular weight is 906 g/mol. The number of phenolic OH excluding ortho intramolecular Hbond substituents is 1. The molecule has 7 aliphatic rings. The molecule has 0 radical (unpaired) electrons. The summed E-state index contributed by atoms with van der Waals surface area (Å²) in [4.78, 5) is 42.8. The number of amides is 3. The van der Waals surface area contributed by atoms with Gasteiger partial charge in [-0.15, -0.1) is 0 Å². The number of anilines is 1. The summed E-state index contributed by atoms with van der Waals surface area (Å²) < 4.78 is 34.2. The van der Waals surface area contributed by atoms with Crippen LogP contribution in [-0.2, 0) is 32.7 Å². The Kier molecular flexibility index (Phi) is 11.8. The van der Waals surface area contributed by atoms with Gasteiger partial charge in [0.25, 0.3) is 5.91 Å². The standard InChI is InChI=1S/C32H36FNO3.C20H22ClN3O4/c1-36-30-21-29(34-16-14-32(15-17-34)13-5-6-18-37-32)28(33)20-27(30)31-25(22-7-3-2-4-8-22)11-9-23-19-24(35)10-12-26(23)31;1-23-6-4-20(5-7-23)10-28-17-11-9-24(14-2-3-15(25)22-18(14)26)19(27)16(11)13(21)8-12(17)20/h2-4,7-8,10,12,19-21,25,31,35H,5-6,9,11,13-18H2,1H3;8,14H,2-7,9-10H2,1H3,(H,22,25,26). The Morgan fingerprint density at radius 2 is 1.68 bits per heavy atom. The van der Waals surface area contributed by atoms with Crippen molar-refractivity contribution >= 4 is 35.0 Å². The first kappa shape index (κ1) is 43.7. The molecule has 3 atom stereocenters. The Balaban J connectivity index is 0.000000159. The normalized spacial score (nSPS) is 24.4. The van der Waals surface area contributed by atoms with Crippen molar-refractivity contribution in [3.8, 4) is 17.2 Å². The molecule has 65 heavy (non-hydrogen) atoms. The highest BCUT2D eigenvalue weighted by Gasteiger charge is 2.48. The van der Waals surface area contributed by atoms with Gasteiger partial charge in [-0.3, -0.25) is 19.7 Å². The molecule has 0 aromatic heterocycles. The second-order valence-electron chi connectivity index (χ2n) is 19.3. The van der Waals surface area contributed by atoms with E-state index in [1.54, 1.807) is 19.2 Å². The maximum absolute atomic E-state index is 15.9. The van der Waals surface area contributed by atoms with Gasteiger partial charge >= 0.3 is 0 Å². The van der Waals surface area contributed by atoms with E-state index < -0.39 is 11.9 Å². The van der Waals surface area contributed by atoms with Crippen LogP contribution in [0.25, 0.3) is 0 Å². The number of hydrogen-bond donors (Lipinski definition) is 2. The van der Waals surface area contributed by atoms with Crippen LogP contribution in [-0.4, -0.2) is 97.8 Å². The van der Waals surface area contributed by atoms with Crippen LogP contribution < -0.4 is 19.7 Å². The molecule has 11 nitrogen and oxygen atoms in total. The predicted octanol–water partition coefficient (Wildman–Crippen LogP) is 8.40. The quantitative estimate of drug-likeness (QED) is 0.190. The third kappa shape index (κ3) is 8.03. The zero-order chi connectivity index (χ0) is 45.0. The molecule has 0 bridgehead atoms. The van der Waals surface area contributed by atoms with Crippen molar-refractivity contribution in [2.45, 2.75) is 106 Å². The van der Waals surface area contributed by atoms with Gasteiger partial charge in [-0.05, 0) is 131 Å². The van der Waals surface area contributed by atoms with Gasteiger partial charge in [0.15, 0.2) is 0 Å². The van der Waals surface area contributed by atoms with E-state index in [1.165, 1.54) is 16.9 Å². The average Bonchev–Trinajstić information content (AvgIpc) is 3.85. The van der Waals surface area contributed by atoms with E-state index in [0.717, 1.165) is 123 Å². The van der Waals surface area contributed by atoms with Gasteiger partial charge in [-0.2, -0.15) is 0 Å². The van der Waals surface area contributed by atoms with E-state index in [4.69, 9.17) is 25.8 Å². The monoisotopic (exact) mass is 904 g/mol. The van der Waals surface area contributed by atoms with Gasteiger partial charge in [0, 0.05) is 60.2 Å². The maximum Gasteiger partial charge on any atom is 0.256 e. The molecule has 0 saturated carbocycles. The number of halogens is 2. The number of imide groups is 1. The van der Waals surface area contributed by atoms with E-state index in [1.807, 2.05) is 30.3 Å². The molecule has 4 aromatic rings. The molecule has 13 heteroatoms. The number of ether oxygens (including phenoxy) is 3. The summed E-state index contributed by atoms with van der Waals surface area (Å²) in [6.07, 6.45) is 9.71. The third-order valence-corrected chi connectivity index (χ3v) is 15.9. The third-order valence-electron chi connectivity index (χ3n) is 15.6. The number of carbonyl (C=O) groups is 3. The lowest BCUT2D eigenvalue weighted by atomic mass is 9.69. The van der Waals surface area contributed by atoms with E-state index in [0.29, 0.717) is 35.8 Å². The highest BCUT2D eigenvalue weighted by Crippen LogP contribution is 2.53. The number of phenols is 1. The first-order chi connectivity index (χ1) is 31.5. The van der Waals surface area contributed by atoms with Crippen LogP contribution in [0.5, 0.6) is 17.2 Å². The molecule has 6 heterocycles. The summed E-state index contributed by atoms with van der Waals surface area (Å²) in [7, 11) is 3.80. The van der Waals surface area contributed by atoms with E-state index in [2.05, 4.69) is 46.4 Å². The molecule has 11 rings (SSSR count). The number of nitrogens with zero attached hydrogens (tertiary/aromatic N) is 3. The van der Waals surface area contributed by atoms with Crippen LogP contribution in [0.4, 0.5) is 10.1 Å². The van der Waals surface area contributed by atoms with Crippen LogP contribution in [0.1, 0.15) is 120 Å². The number of carbonyl (C=O) groups excluding carboxylic acids is 3. The van der Waals surface area contributed by atoms with Gasteiger partial charge in [-0.1, -0.05) is 48.0 Å². The largest absolute Gasteiger partial charge is 0.508 e. The fourth-order valence-corrected chi connectivity index (χ4v) is 12.2. The van der Waals surface area contributed by atoms with E-state index in [9.17, 15) is 19.5 Å². The second-order valence-corrected chi connectivity index (χ2v) is 19.7. The number of nitrogens with one attached hydrogen (secondary N) is 1. The molecule has 2 spiro atoms. The minimum Gasteiger partial charge on any atom is -0.508 e. The molecular formula is C52H58ClFN4O7. The molecule has 1 aliphatic carbocycles. The Bertz CT molecular complexity index is 2490. The van der Waals surface area contributed by atoms with Gasteiger partial charge in [0.1, 0.15) is 29.1 Å². The number of piperidine rings is 3. The first-order valence-corrected chi connectivity index (χ1v) is 23.8. The Labute approximate surface area is 385 Å². The fraction of sp³-hybridized carbons (Fsp3) is 0.481. The lowest BCUT2D eigenvalue weighted by Crippen LogP contribution is -2.52. The van der Waals surface area contributed by atoms with E-state index in [-0.39, 0.29) is 52.7 Å². The number of fused-ring (bicyclic) bond motifs is 5. The van der Waals surface area contributed by atoms with Crippen molar-refractivity contribution in [1.82, 2.24) is 15.1 Å². The Hall–Kier alpha value is -5.17. The zero-order valence-electron chi connectivity index (χ0n) is 37.3. The predicted molar refractivity (Wildman–Crippen MR) is 246 cm³/mol. The van der Waals surface area contributed by atoms with Crippen molar-refractivity contribution in [1.29, 1.82) is 0 Å². The minimum absolute atomic E-state index is 0.0183. The summed E-state index contributed by atoms with van der Waals surface area (Å²) in [5.41, 5.74) is 7.24. The smallest absolute Gasteiger partial charge is 0.256 e. The number of rotatable bonds is 5. The van der Waals surface area contributed by atoms with Crippen molar-refractivity contribution in [2.75, 3.05) is 58.5 Å². The summed E-state index contributed by atoms with van der Waals surface area (Å²) in [5, 5.41) is 12.9. The number of aromatic hydroxyl groups is 1. The summed E-state index contributed by atoms with van der Waals surface area (Å²) in [5.74, 6) is 0.716. The van der Waals surface area contributed by atoms with Crippen molar-refractivity contribution in [2.24, 2.45) is 0 Å². The van der Waals surface area contributed by atoms with Gasteiger partial charge in [0.05, 0.1) is 42.1 Å². The highest BCUT2D eigenvalue weighted by atomic mass is 35.5. The first-order valence-electron chi connectivity index (χ1n) is 23.4. The highest BCUT2D eigenvalue weighted by molar-refractivity contribution is 6.34. The van der Waals surface area contributed by atoms with Crippen LogP contribution in [0.3, 0.4) is 0 Å². The van der Waals surface area contributed by atoms with E-state index >= 15 is 4.39 Å². The molecule has 4 aromatic carbocycles. The van der Waals surface area contributed by atoms with Gasteiger partial charge in [0.2, 0.25) is 11.8 Å². The Morgan fingerprint density at radius 3 is 2.40 bits per heavy atom. The van der Waals surface area contributed by atoms with Crippen molar-refractivity contribution in [3.05, 3.63) is 117 Å². The van der Waals surface area contributed by atoms with Crippen LogP contribution in [0.2, 0.25) is 5.02 Å². The van der Waals surface area contributed by atoms with Crippen LogP contribution in [0.15, 0.2) is 66.7 Å². The van der Waals surface area contributed by atoms with Gasteiger partial charge in [-0.25, -0.2) is 4.39 Å². The molecule has 3 amide bonds. The lowest BCUT2D eigenvalue weighted by Gasteiger charge is -2.44. The molecule has 342 valence electrons. The summed E-state index contributed by atoms with van der Waals surface area (Å²) in [6, 6.07) is 21.0. The molecule has 4 fully saturated rings. The summed E-state index contributed by atoms with van der Waals surface area (Å²) in [6.45, 7) is 5.32. The van der Waals surface area contributed by atoms with Crippen LogP contribution in [0, 0.1) is 5.82 Å². The Morgan fingerprint density at radius 1 is 0.892 bits per heavy atom. The fourth-order valence-electron chi connectivity index (χ4n) is 11.9. The second kappa shape index (κ2) is 17.6. The number of benzene rings is 4. The maximum atomic E-state index is 15.9. The minimum atomic E-state index is -0.650. The van der Waals surface area contributed by atoms with Crippen LogP contribution >= 0.6 is 11.6 Å². The zero-order valence-corrected chi connectivity index (χ0v) is 38.1. The number of methoxy groups -OCH3 is 1. The summed E-state index contributed by atoms with van der Waals surface area (Å²) >= 11 is 6.57. The molecular weight excluding hydrogens is 847 g/mol. The topological polar surface area (TPSA) is 121 Å². The van der Waals surface area contributed by atoms with Crippen molar-refractivity contribution in [3.63, 3.8) is 0 Å². The SMILES string of the molecule is CN1CCC2(CC1)COc1c2cc(Cl)c2c1CN(C1CCC(=O)NC1=O)C2=O.COc1cc(N2CCC3(CCCCO3)CC2)c(F)cc1C1c2ccc(O)cc2CCC1c1ccccc1. The number of hydrogen-bond acceptors (Lipinski definition) is 9. The number of likely N-dealkylation sites (tertiary alicyclic amines) is 1. The molecule has 4 saturated heterocycles. The molecule has 2 N–H and O–H groups in total. The molecule has 6 aliphatic heterocycles. The molecule has 3 unspecified atom stereocenters. The van der Waals surface area contributed by atoms with Gasteiger partial charge < -0.3 is 34.0 Å². The van der Waals surface area contributed by atoms with Crippen molar-refractivity contribution < 1.29 is 38.1 Å².